The van der Waals surface area contributed by atoms with Crippen LogP contribution in [0.25, 0.3) is 0 Å². The molecule has 0 bridgehead atoms. The Bertz CT molecular complexity index is 749. The third-order valence-corrected chi connectivity index (χ3v) is 9.41. The van der Waals surface area contributed by atoms with Gasteiger partial charge in [0, 0.05) is 0 Å². The number of amides is 1. The first kappa shape index (κ1) is 46.6. The molecule has 1 amide bonds. The van der Waals surface area contributed by atoms with Crippen LogP contribution < -0.4 is 5.32 Å². The van der Waals surface area contributed by atoms with Crippen LogP contribution in [0.15, 0.2) is 36.5 Å². The highest BCUT2D eigenvalue weighted by molar-refractivity contribution is 5.76. The average Bonchev–Trinajstić information content (AvgIpc) is 3.08. The molecule has 0 aliphatic heterocycles. The maximum absolute atomic E-state index is 12.4. The number of aliphatic hydroxyl groups is 3. The number of carbonyl (C=O) groups excluding carboxylic acids is 1. The molecule has 5 heteroatoms. The molecule has 0 aromatic rings. The van der Waals surface area contributed by atoms with Crippen LogP contribution in [0.1, 0.15) is 206 Å². The zero-order valence-corrected chi connectivity index (χ0v) is 31.9. The first-order valence-electron chi connectivity index (χ1n) is 20.8. The van der Waals surface area contributed by atoms with E-state index in [4.69, 9.17) is 0 Å². The van der Waals surface area contributed by atoms with Crippen molar-refractivity contribution in [3.63, 3.8) is 0 Å². The molecule has 0 spiro atoms. The third kappa shape index (κ3) is 34.4. The van der Waals surface area contributed by atoms with Crippen molar-refractivity contribution >= 4 is 5.91 Å². The van der Waals surface area contributed by atoms with E-state index in [2.05, 4.69) is 43.5 Å². The van der Waals surface area contributed by atoms with Crippen LogP contribution in [-0.2, 0) is 4.79 Å². The predicted molar refractivity (Wildman–Crippen MR) is 208 cm³/mol. The third-order valence-electron chi connectivity index (χ3n) is 9.41. The Kier molecular flexibility index (Phi) is 37.2. The van der Waals surface area contributed by atoms with Crippen LogP contribution in [0.4, 0.5) is 0 Å². The fourth-order valence-corrected chi connectivity index (χ4v) is 6.19. The van der Waals surface area contributed by atoms with E-state index in [1.807, 2.05) is 6.08 Å². The van der Waals surface area contributed by atoms with Crippen molar-refractivity contribution in [2.45, 2.75) is 225 Å². The van der Waals surface area contributed by atoms with E-state index in [1.54, 1.807) is 6.08 Å². The maximum atomic E-state index is 12.4. The molecule has 4 N–H and O–H groups in total. The Morgan fingerprint density at radius 1 is 0.521 bits per heavy atom. The Hall–Kier alpha value is -1.43. The Morgan fingerprint density at radius 3 is 1.33 bits per heavy atom. The molecule has 0 aromatic heterocycles. The van der Waals surface area contributed by atoms with E-state index < -0.39 is 18.2 Å². The molecule has 0 saturated carbocycles. The first-order valence-corrected chi connectivity index (χ1v) is 20.8. The molecule has 0 heterocycles. The van der Waals surface area contributed by atoms with Gasteiger partial charge in [0.25, 0.3) is 0 Å². The van der Waals surface area contributed by atoms with Crippen LogP contribution in [0.2, 0.25) is 0 Å². The van der Waals surface area contributed by atoms with Gasteiger partial charge in [0.15, 0.2) is 0 Å². The van der Waals surface area contributed by atoms with Crippen LogP contribution in [0, 0.1) is 0 Å². The molecular formula is C43H81NO4. The van der Waals surface area contributed by atoms with Gasteiger partial charge in [-0.25, -0.2) is 0 Å². The SMILES string of the molecule is CCCCCC/C=C/CC/C=C/CC/C=C/C(O)C(CO)NC(=O)CC(O)CCCCCCCCCCCCCCCCCCCCC. The molecule has 48 heavy (non-hydrogen) atoms. The number of unbranched alkanes of at least 4 members (excludes halogenated alkanes) is 24. The van der Waals surface area contributed by atoms with Crippen molar-refractivity contribution < 1.29 is 20.1 Å². The molecule has 3 atom stereocenters. The van der Waals surface area contributed by atoms with Crippen molar-refractivity contribution in [2.75, 3.05) is 6.61 Å². The van der Waals surface area contributed by atoms with Crippen molar-refractivity contribution in [1.82, 2.24) is 5.32 Å². The lowest BCUT2D eigenvalue weighted by molar-refractivity contribution is -0.124. The number of carbonyl (C=O) groups is 1. The molecule has 5 nitrogen and oxygen atoms in total. The molecule has 0 saturated heterocycles. The summed E-state index contributed by atoms with van der Waals surface area (Å²) in [4.78, 5) is 12.4. The number of hydrogen-bond acceptors (Lipinski definition) is 4. The van der Waals surface area contributed by atoms with Crippen molar-refractivity contribution in [2.24, 2.45) is 0 Å². The summed E-state index contributed by atoms with van der Waals surface area (Å²) in [7, 11) is 0. The highest BCUT2D eigenvalue weighted by Gasteiger charge is 2.20. The number of aliphatic hydroxyl groups excluding tert-OH is 3. The predicted octanol–water partition coefficient (Wildman–Crippen LogP) is 11.6. The van der Waals surface area contributed by atoms with Crippen LogP contribution in [-0.4, -0.2) is 46.1 Å². The smallest absolute Gasteiger partial charge is 0.222 e. The lowest BCUT2D eigenvalue weighted by atomic mass is 10.0. The summed E-state index contributed by atoms with van der Waals surface area (Å²) in [6.07, 6.45) is 47.1. The summed E-state index contributed by atoms with van der Waals surface area (Å²) < 4.78 is 0. The molecule has 3 unspecified atom stereocenters. The number of allylic oxidation sites excluding steroid dienone is 5. The van der Waals surface area contributed by atoms with Crippen molar-refractivity contribution in [3.8, 4) is 0 Å². The molecule has 0 rings (SSSR count). The van der Waals surface area contributed by atoms with E-state index in [1.165, 1.54) is 141 Å². The largest absolute Gasteiger partial charge is 0.394 e. The van der Waals surface area contributed by atoms with E-state index in [0.717, 1.165) is 38.5 Å². The lowest BCUT2D eigenvalue weighted by Crippen LogP contribution is -2.45. The lowest BCUT2D eigenvalue weighted by Gasteiger charge is -2.21. The Balaban J connectivity index is 3.71. The minimum atomic E-state index is -0.956. The van der Waals surface area contributed by atoms with Crippen LogP contribution in [0.3, 0.4) is 0 Å². The first-order chi connectivity index (χ1) is 23.5. The van der Waals surface area contributed by atoms with Gasteiger partial charge in [-0.15, -0.1) is 0 Å². The molecule has 0 fully saturated rings. The highest BCUT2D eigenvalue weighted by atomic mass is 16.3. The second-order valence-electron chi connectivity index (χ2n) is 14.2. The normalized spacial score (nSPS) is 14.0. The quantitative estimate of drug-likeness (QED) is 0.0390. The van der Waals surface area contributed by atoms with Gasteiger partial charge in [0.1, 0.15) is 0 Å². The highest BCUT2D eigenvalue weighted by Crippen LogP contribution is 2.15. The summed E-state index contributed by atoms with van der Waals surface area (Å²) in [5.74, 6) is -0.329. The second-order valence-corrected chi connectivity index (χ2v) is 14.2. The van der Waals surface area contributed by atoms with Gasteiger partial charge in [-0.1, -0.05) is 192 Å². The molecular weight excluding hydrogens is 594 g/mol. The number of hydrogen-bond donors (Lipinski definition) is 4. The zero-order valence-electron chi connectivity index (χ0n) is 31.9. The fraction of sp³-hybridized carbons (Fsp3) is 0.837. The van der Waals surface area contributed by atoms with E-state index in [-0.39, 0.29) is 18.9 Å². The summed E-state index contributed by atoms with van der Waals surface area (Å²) in [5.41, 5.74) is 0. The fourth-order valence-electron chi connectivity index (χ4n) is 6.19. The van der Waals surface area contributed by atoms with Gasteiger partial charge in [-0.2, -0.15) is 0 Å². The molecule has 0 aliphatic carbocycles. The van der Waals surface area contributed by atoms with Crippen molar-refractivity contribution in [3.05, 3.63) is 36.5 Å². The monoisotopic (exact) mass is 676 g/mol. The Morgan fingerprint density at radius 2 is 0.896 bits per heavy atom. The summed E-state index contributed by atoms with van der Waals surface area (Å²) >= 11 is 0. The minimum absolute atomic E-state index is 0.00478. The van der Waals surface area contributed by atoms with E-state index >= 15 is 0 Å². The van der Waals surface area contributed by atoms with Gasteiger partial charge in [-0.3, -0.25) is 4.79 Å². The topological polar surface area (TPSA) is 89.8 Å². The maximum Gasteiger partial charge on any atom is 0.222 e. The van der Waals surface area contributed by atoms with E-state index in [9.17, 15) is 20.1 Å². The van der Waals surface area contributed by atoms with Gasteiger partial charge in [0.05, 0.1) is 31.3 Å². The van der Waals surface area contributed by atoms with Crippen LogP contribution in [0.5, 0.6) is 0 Å². The molecule has 0 aromatic carbocycles. The van der Waals surface area contributed by atoms with Gasteiger partial charge in [-0.05, 0) is 44.9 Å². The van der Waals surface area contributed by atoms with Crippen LogP contribution >= 0.6 is 0 Å². The summed E-state index contributed by atoms with van der Waals surface area (Å²) in [6.45, 7) is 4.17. The summed E-state index contributed by atoms with van der Waals surface area (Å²) in [5, 5.41) is 33.1. The zero-order chi connectivity index (χ0) is 35.2. The van der Waals surface area contributed by atoms with Gasteiger partial charge in [0.2, 0.25) is 5.91 Å². The Labute approximate surface area is 298 Å². The molecule has 282 valence electrons. The van der Waals surface area contributed by atoms with Gasteiger partial charge >= 0.3 is 0 Å². The molecule has 0 radical (unpaired) electrons. The number of rotatable bonds is 37. The average molecular weight is 676 g/mol. The van der Waals surface area contributed by atoms with Crippen molar-refractivity contribution in [1.29, 1.82) is 0 Å². The number of nitrogens with one attached hydrogen (secondary N) is 1. The van der Waals surface area contributed by atoms with Gasteiger partial charge < -0.3 is 20.6 Å². The van der Waals surface area contributed by atoms with E-state index in [0.29, 0.717) is 6.42 Å². The minimum Gasteiger partial charge on any atom is -0.394 e. The molecule has 0 aliphatic rings. The summed E-state index contributed by atoms with van der Waals surface area (Å²) in [6, 6.07) is -0.764. The standard InChI is InChI=1S/C43H81NO4/c1-3-5-7-9-11-13-15-17-19-20-21-22-23-24-26-28-30-32-34-36-40(46)38-43(48)44-41(39-45)42(47)37-35-33-31-29-27-25-18-16-14-12-10-8-6-4-2/h14,16,27,29,35,37,40-42,45-47H,3-13,15,17-26,28,30-34,36,38-39H2,1-2H3,(H,44,48)/b16-14+,29-27+,37-35+. The second kappa shape index (κ2) is 38.4.